The van der Waals surface area contributed by atoms with E-state index in [4.69, 9.17) is 0 Å². The van der Waals surface area contributed by atoms with E-state index in [9.17, 15) is 0 Å². The van der Waals surface area contributed by atoms with Crippen LogP contribution in [0.5, 0.6) is 0 Å². The van der Waals surface area contributed by atoms with E-state index in [2.05, 4.69) is 74.6 Å². The summed E-state index contributed by atoms with van der Waals surface area (Å²) in [7, 11) is 2.36. The van der Waals surface area contributed by atoms with Crippen LogP contribution in [0.4, 0.5) is 11.4 Å². The van der Waals surface area contributed by atoms with Gasteiger partial charge in [0.05, 0.1) is 13.6 Å². The van der Waals surface area contributed by atoms with Crippen molar-refractivity contribution in [2.45, 2.75) is 84.0 Å². The predicted octanol–water partition coefficient (Wildman–Crippen LogP) is 5.66. The zero-order valence-corrected chi connectivity index (χ0v) is 19.5. The Bertz CT molecular complexity index is 571. The summed E-state index contributed by atoms with van der Waals surface area (Å²) in [6, 6.07) is 22.0. The average molecular weight is 416 g/mol. The standard InChI is InChI=1S/C27H42N.ClH/c1-3-4-5-6-7-8-9-10-11-12-13-20-25-28(2,26-21-16-14-17-22-26)27-23-18-15-19-24-27;/h14-19,21-24H,3-13,20,25H2,1-2H3;1H/q+1;/p-1. The number of nitrogens with zero attached hydrogens (tertiary/aromatic N) is 1. The van der Waals surface area contributed by atoms with Crippen LogP contribution in [0.25, 0.3) is 0 Å². The molecule has 0 atom stereocenters. The second-order valence-corrected chi connectivity index (χ2v) is 8.48. The van der Waals surface area contributed by atoms with Crippen molar-refractivity contribution in [3.05, 3.63) is 60.7 Å². The molecule has 0 radical (unpaired) electrons. The minimum atomic E-state index is 0. The predicted molar refractivity (Wildman–Crippen MR) is 126 cm³/mol. The number of hydrogen-bond acceptors (Lipinski definition) is 0. The van der Waals surface area contributed by atoms with Crippen molar-refractivity contribution in [3.63, 3.8) is 0 Å². The number of quaternary nitrogens is 1. The molecule has 0 saturated carbocycles. The van der Waals surface area contributed by atoms with Crippen LogP contribution in [-0.2, 0) is 0 Å². The van der Waals surface area contributed by atoms with Crippen LogP contribution in [0.2, 0.25) is 0 Å². The Balaban J connectivity index is 0.00000420. The van der Waals surface area contributed by atoms with Gasteiger partial charge < -0.3 is 12.4 Å². The monoisotopic (exact) mass is 415 g/mol. The minimum Gasteiger partial charge on any atom is -1.00 e. The third-order valence-electron chi connectivity index (χ3n) is 6.11. The summed E-state index contributed by atoms with van der Waals surface area (Å²) >= 11 is 0. The lowest BCUT2D eigenvalue weighted by molar-refractivity contribution is -0.00000593. The van der Waals surface area contributed by atoms with Crippen LogP contribution in [0.3, 0.4) is 0 Å². The first-order valence-corrected chi connectivity index (χ1v) is 11.7. The van der Waals surface area contributed by atoms with Gasteiger partial charge in [-0.1, -0.05) is 108 Å². The first-order valence-electron chi connectivity index (χ1n) is 11.7. The molecule has 0 aromatic heterocycles. The van der Waals surface area contributed by atoms with Crippen molar-refractivity contribution >= 4 is 11.4 Å². The summed E-state index contributed by atoms with van der Waals surface area (Å²) in [4.78, 5) is 0. The van der Waals surface area contributed by atoms with Crippen molar-refractivity contribution < 1.29 is 12.4 Å². The van der Waals surface area contributed by atoms with Crippen LogP contribution in [-0.4, -0.2) is 13.6 Å². The number of halogens is 1. The molecule has 29 heavy (non-hydrogen) atoms. The number of unbranched alkanes of at least 4 members (excludes halogenated alkanes) is 11. The first-order chi connectivity index (χ1) is 13.8. The molecule has 0 N–H and O–H groups in total. The molecule has 0 fully saturated rings. The average Bonchev–Trinajstić information content (AvgIpc) is 2.75. The topological polar surface area (TPSA) is 0 Å². The maximum atomic E-state index is 2.36. The van der Waals surface area contributed by atoms with Gasteiger partial charge in [-0.3, -0.25) is 4.48 Å². The number of hydrogen-bond donors (Lipinski definition) is 0. The molecule has 2 heteroatoms. The van der Waals surface area contributed by atoms with Gasteiger partial charge in [0.25, 0.3) is 0 Å². The van der Waals surface area contributed by atoms with Gasteiger partial charge in [0.2, 0.25) is 0 Å². The zero-order valence-electron chi connectivity index (χ0n) is 18.8. The third kappa shape index (κ3) is 9.36. The smallest absolute Gasteiger partial charge is 0.137 e. The highest BCUT2D eigenvalue weighted by Crippen LogP contribution is 2.32. The number of benzene rings is 2. The third-order valence-corrected chi connectivity index (χ3v) is 6.11. The maximum Gasteiger partial charge on any atom is 0.137 e. The molecule has 2 rings (SSSR count). The van der Waals surface area contributed by atoms with E-state index >= 15 is 0 Å². The number of para-hydroxylation sites is 2. The van der Waals surface area contributed by atoms with Crippen LogP contribution >= 0.6 is 0 Å². The second kappa shape index (κ2) is 15.5. The fourth-order valence-electron chi connectivity index (χ4n) is 4.19. The van der Waals surface area contributed by atoms with Crippen LogP contribution < -0.4 is 16.9 Å². The van der Waals surface area contributed by atoms with Gasteiger partial charge in [-0.2, -0.15) is 0 Å². The molecule has 0 aliphatic carbocycles. The van der Waals surface area contributed by atoms with Crippen molar-refractivity contribution in [3.8, 4) is 0 Å². The molecule has 0 saturated heterocycles. The van der Waals surface area contributed by atoms with E-state index in [1.165, 1.54) is 95.0 Å². The number of rotatable bonds is 15. The van der Waals surface area contributed by atoms with Crippen molar-refractivity contribution in [2.75, 3.05) is 13.6 Å². The lowest BCUT2D eigenvalue weighted by Crippen LogP contribution is -3.00. The minimum absolute atomic E-state index is 0. The highest BCUT2D eigenvalue weighted by molar-refractivity contribution is 5.57. The molecule has 0 aliphatic rings. The Morgan fingerprint density at radius 3 is 1.24 bits per heavy atom. The Labute approximate surface area is 186 Å². The summed E-state index contributed by atoms with van der Waals surface area (Å²) in [5, 5.41) is 0. The zero-order chi connectivity index (χ0) is 19.9. The maximum absolute atomic E-state index is 2.36. The van der Waals surface area contributed by atoms with Gasteiger partial charge in [-0.25, -0.2) is 0 Å². The molecule has 0 heterocycles. The van der Waals surface area contributed by atoms with E-state index in [1.54, 1.807) is 0 Å². The van der Waals surface area contributed by atoms with Gasteiger partial charge >= 0.3 is 0 Å². The van der Waals surface area contributed by atoms with Gasteiger partial charge in [0.1, 0.15) is 11.4 Å². The molecule has 2 aromatic rings. The lowest BCUT2D eigenvalue weighted by atomic mass is 10.0. The summed E-state index contributed by atoms with van der Waals surface area (Å²) in [5.41, 5.74) is 2.77. The van der Waals surface area contributed by atoms with Gasteiger partial charge in [0, 0.05) is 0 Å². The van der Waals surface area contributed by atoms with E-state index in [1.807, 2.05) is 0 Å². The molecular weight excluding hydrogens is 374 g/mol. The summed E-state index contributed by atoms with van der Waals surface area (Å²) in [6.45, 7) is 3.46. The Morgan fingerprint density at radius 1 is 0.517 bits per heavy atom. The highest BCUT2D eigenvalue weighted by atomic mass is 35.5. The fourth-order valence-corrected chi connectivity index (χ4v) is 4.19. The van der Waals surface area contributed by atoms with E-state index in [-0.39, 0.29) is 12.4 Å². The summed E-state index contributed by atoms with van der Waals surface area (Å²) in [5.74, 6) is 0. The Morgan fingerprint density at radius 2 is 0.862 bits per heavy atom. The Hall–Kier alpha value is -1.31. The van der Waals surface area contributed by atoms with Gasteiger partial charge in [-0.05, 0) is 37.1 Å². The van der Waals surface area contributed by atoms with Crippen molar-refractivity contribution in [2.24, 2.45) is 0 Å². The van der Waals surface area contributed by atoms with Crippen molar-refractivity contribution in [1.82, 2.24) is 4.48 Å². The molecular formula is C27H42ClN. The van der Waals surface area contributed by atoms with Crippen molar-refractivity contribution in [1.29, 1.82) is 0 Å². The SMILES string of the molecule is CCCCCCCCCCCCCC[N+](C)(c1ccccc1)c1ccccc1.[Cl-]. The molecule has 1 nitrogen and oxygen atoms in total. The van der Waals surface area contributed by atoms with Gasteiger partial charge in [0.15, 0.2) is 0 Å². The Kier molecular flexibility index (Phi) is 13.8. The van der Waals surface area contributed by atoms with Crippen LogP contribution in [0.1, 0.15) is 84.0 Å². The molecule has 0 amide bonds. The van der Waals surface area contributed by atoms with E-state index in [0.717, 1.165) is 4.48 Å². The quantitative estimate of drug-likeness (QED) is 0.260. The lowest BCUT2D eigenvalue weighted by Gasteiger charge is -2.33. The van der Waals surface area contributed by atoms with Gasteiger partial charge in [-0.15, -0.1) is 0 Å². The van der Waals surface area contributed by atoms with Crippen LogP contribution in [0, 0.1) is 0 Å². The molecule has 0 aliphatic heterocycles. The summed E-state index contributed by atoms with van der Waals surface area (Å²) in [6.07, 6.45) is 16.9. The molecule has 0 bridgehead atoms. The second-order valence-electron chi connectivity index (χ2n) is 8.48. The largest absolute Gasteiger partial charge is 1.00 e. The molecule has 2 aromatic carbocycles. The van der Waals surface area contributed by atoms with E-state index < -0.39 is 0 Å². The fraction of sp³-hybridized carbons (Fsp3) is 0.556. The first kappa shape index (κ1) is 25.7. The van der Waals surface area contributed by atoms with Crippen LogP contribution in [0.15, 0.2) is 60.7 Å². The summed E-state index contributed by atoms with van der Waals surface area (Å²) < 4.78 is 0.902. The molecule has 0 unspecified atom stereocenters. The van der Waals surface area contributed by atoms with E-state index in [0.29, 0.717) is 0 Å². The highest BCUT2D eigenvalue weighted by Gasteiger charge is 2.27. The normalized spacial score (nSPS) is 11.2. The molecule has 0 spiro atoms. The molecule has 162 valence electrons.